The molecule has 0 amide bonds. The molecule has 0 bridgehead atoms. The average molecular weight is 332 g/mol. The molecule has 0 aliphatic carbocycles. The molecule has 0 radical (unpaired) electrons. The summed E-state index contributed by atoms with van der Waals surface area (Å²) in [5.74, 6) is 0. The Bertz CT molecular complexity index is 606. The lowest BCUT2D eigenvalue weighted by Crippen LogP contribution is -2.43. The topological polar surface area (TPSA) is 66.6 Å². The highest BCUT2D eigenvalue weighted by molar-refractivity contribution is 7.89. The molecule has 1 aromatic carbocycles. The third-order valence-electron chi connectivity index (χ3n) is 3.88. The zero-order valence-corrected chi connectivity index (χ0v) is 14.0. The first kappa shape index (κ1) is 16.5. The standard InChI is InChI=1S/C14H22ClN3O2S/c1-3-12-10-17(2)7-4-8-18(12)21(19,20)14-6-5-11(15)9-13(14)16/h5-6,9,12H,3-4,7-8,10,16H2,1-2H3. The smallest absolute Gasteiger partial charge is 0.245 e. The van der Waals surface area contributed by atoms with Gasteiger partial charge in [0.1, 0.15) is 4.90 Å². The molecule has 1 unspecified atom stereocenters. The number of sulfonamides is 1. The minimum atomic E-state index is -3.59. The molecule has 0 saturated carbocycles. The van der Waals surface area contributed by atoms with Gasteiger partial charge in [0.05, 0.1) is 5.69 Å². The summed E-state index contributed by atoms with van der Waals surface area (Å²) in [5.41, 5.74) is 6.07. The molecule has 0 aromatic heterocycles. The number of hydrogen-bond acceptors (Lipinski definition) is 4. The second kappa shape index (κ2) is 6.52. The van der Waals surface area contributed by atoms with Crippen molar-refractivity contribution in [2.45, 2.75) is 30.7 Å². The highest BCUT2D eigenvalue weighted by Gasteiger charge is 2.33. The van der Waals surface area contributed by atoms with Crippen molar-refractivity contribution in [1.29, 1.82) is 0 Å². The van der Waals surface area contributed by atoms with Gasteiger partial charge in [-0.3, -0.25) is 0 Å². The molecular formula is C14H22ClN3O2S. The van der Waals surface area contributed by atoms with E-state index in [1.807, 2.05) is 14.0 Å². The van der Waals surface area contributed by atoms with E-state index < -0.39 is 10.0 Å². The van der Waals surface area contributed by atoms with E-state index in [0.29, 0.717) is 11.6 Å². The SMILES string of the molecule is CCC1CN(C)CCCN1S(=O)(=O)c1ccc(Cl)cc1N. The molecule has 21 heavy (non-hydrogen) atoms. The minimum Gasteiger partial charge on any atom is -0.398 e. The first-order valence-corrected chi connectivity index (χ1v) is 8.93. The number of nitrogens with two attached hydrogens (primary N) is 1. The van der Waals surface area contributed by atoms with Gasteiger partial charge >= 0.3 is 0 Å². The first-order valence-electron chi connectivity index (χ1n) is 7.11. The molecular weight excluding hydrogens is 310 g/mol. The fourth-order valence-electron chi connectivity index (χ4n) is 2.75. The number of hydrogen-bond donors (Lipinski definition) is 1. The zero-order chi connectivity index (χ0) is 15.6. The summed E-state index contributed by atoms with van der Waals surface area (Å²) >= 11 is 5.86. The van der Waals surface area contributed by atoms with Crippen LogP contribution in [0.1, 0.15) is 19.8 Å². The van der Waals surface area contributed by atoms with Crippen LogP contribution in [0.5, 0.6) is 0 Å². The van der Waals surface area contributed by atoms with Gasteiger partial charge in [0.15, 0.2) is 0 Å². The van der Waals surface area contributed by atoms with Crippen LogP contribution in [0, 0.1) is 0 Å². The van der Waals surface area contributed by atoms with Gasteiger partial charge < -0.3 is 10.6 Å². The third kappa shape index (κ3) is 3.51. The highest BCUT2D eigenvalue weighted by atomic mass is 35.5. The van der Waals surface area contributed by atoms with Gasteiger partial charge in [-0.1, -0.05) is 18.5 Å². The molecule has 118 valence electrons. The van der Waals surface area contributed by atoms with Crippen molar-refractivity contribution in [3.05, 3.63) is 23.2 Å². The van der Waals surface area contributed by atoms with Crippen LogP contribution in [0.25, 0.3) is 0 Å². The van der Waals surface area contributed by atoms with Crippen molar-refractivity contribution in [2.75, 3.05) is 32.4 Å². The lowest BCUT2D eigenvalue weighted by molar-refractivity contribution is 0.270. The van der Waals surface area contributed by atoms with Gasteiger partial charge in [-0.15, -0.1) is 0 Å². The van der Waals surface area contributed by atoms with Gasteiger partial charge in [0.25, 0.3) is 0 Å². The molecule has 1 aliphatic rings. The summed E-state index contributed by atoms with van der Waals surface area (Å²) in [4.78, 5) is 2.32. The Balaban J connectivity index is 2.41. The number of likely N-dealkylation sites (N-methyl/N-ethyl adjacent to an activating group) is 1. The molecule has 1 aliphatic heterocycles. The molecule has 1 atom stereocenters. The largest absolute Gasteiger partial charge is 0.398 e. The first-order chi connectivity index (χ1) is 9.86. The molecule has 2 rings (SSSR count). The second-order valence-corrected chi connectivity index (χ2v) is 7.77. The molecule has 1 saturated heterocycles. The maximum atomic E-state index is 12.9. The van der Waals surface area contributed by atoms with E-state index in [-0.39, 0.29) is 16.6 Å². The summed E-state index contributed by atoms with van der Waals surface area (Å²) in [5, 5.41) is 0.439. The van der Waals surface area contributed by atoms with E-state index in [2.05, 4.69) is 4.90 Å². The van der Waals surface area contributed by atoms with Crippen LogP contribution < -0.4 is 5.73 Å². The van der Waals surface area contributed by atoms with Crippen molar-refractivity contribution in [3.63, 3.8) is 0 Å². The van der Waals surface area contributed by atoms with E-state index in [0.717, 1.165) is 25.9 Å². The Morgan fingerprint density at radius 2 is 2.10 bits per heavy atom. The summed E-state index contributed by atoms with van der Waals surface area (Å²) in [6, 6.07) is 4.51. The number of anilines is 1. The minimum absolute atomic E-state index is 0.0300. The Hall–Kier alpha value is -0.820. The van der Waals surface area contributed by atoms with Gasteiger partial charge in [-0.05, 0) is 44.6 Å². The lowest BCUT2D eigenvalue weighted by Gasteiger charge is -2.29. The molecule has 1 heterocycles. The van der Waals surface area contributed by atoms with E-state index >= 15 is 0 Å². The maximum Gasteiger partial charge on any atom is 0.245 e. The predicted molar refractivity (Wildman–Crippen MR) is 85.9 cm³/mol. The summed E-state index contributed by atoms with van der Waals surface area (Å²) in [6.45, 7) is 4.17. The van der Waals surface area contributed by atoms with Crippen molar-refractivity contribution >= 4 is 27.3 Å². The Kier molecular flexibility index (Phi) is 5.14. The Labute approximate surface area is 131 Å². The molecule has 7 heteroatoms. The summed E-state index contributed by atoms with van der Waals surface area (Å²) in [6.07, 6.45) is 1.59. The quantitative estimate of drug-likeness (QED) is 0.861. The normalized spacial score (nSPS) is 22.1. The van der Waals surface area contributed by atoms with E-state index in [1.54, 1.807) is 10.4 Å². The number of nitrogen functional groups attached to an aromatic ring is 1. The maximum absolute atomic E-state index is 12.9. The summed E-state index contributed by atoms with van der Waals surface area (Å²) < 4.78 is 27.5. The molecule has 1 aromatic rings. The van der Waals surface area contributed by atoms with Gasteiger partial charge in [-0.2, -0.15) is 4.31 Å². The number of nitrogens with zero attached hydrogens (tertiary/aromatic N) is 2. The van der Waals surface area contributed by atoms with Crippen LogP contribution in [0.15, 0.2) is 23.1 Å². The lowest BCUT2D eigenvalue weighted by atomic mass is 10.2. The van der Waals surface area contributed by atoms with Crippen LogP contribution in [-0.4, -0.2) is 50.3 Å². The Morgan fingerprint density at radius 3 is 2.71 bits per heavy atom. The van der Waals surface area contributed by atoms with E-state index in [9.17, 15) is 8.42 Å². The second-order valence-electron chi connectivity index (χ2n) is 5.48. The molecule has 2 N–H and O–H groups in total. The van der Waals surface area contributed by atoms with Gasteiger partial charge in [0.2, 0.25) is 10.0 Å². The molecule has 0 spiro atoms. The van der Waals surface area contributed by atoms with Crippen LogP contribution in [0.3, 0.4) is 0 Å². The highest BCUT2D eigenvalue weighted by Crippen LogP contribution is 2.28. The van der Waals surface area contributed by atoms with Gasteiger partial charge in [0, 0.05) is 24.2 Å². The monoisotopic (exact) mass is 331 g/mol. The number of benzene rings is 1. The predicted octanol–water partition coefficient (Wildman–Crippen LogP) is 2.03. The van der Waals surface area contributed by atoms with Crippen molar-refractivity contribution in [3.8, 4) is 0 Å². The van der Waals surface area contributed by atoms with Crippen molar-refractivity contribution in [1.82, 2.24) is 9.21 Å². The van der Waals surface area contributed by atoms with Crippen LogP contribution in [0.4, 0.5) is 5.69 Å². The summed E-state index contributed by atoms with van der Waals surface area (Å²) in [7, 11) is -1.57. The van der Waals surface area contributed by atoms with Crippen LogP contribution >= 0.6 is 11.6 Å². The Morgan fingerprint density at radius 1 is 1.38 bits per heavy atom. The van der Waals surface area contributed by atoms with Gasteiger partial charge in [-0.25, -0.2) is 8.42 Å². The zero-order valence-electron chi connectivity index (χ0n) is 12.4. The fourth-order valence-corrected chi connectivity index (χ4v) is 4.76. The fraction of sp³-hybridized carbons (Fsp3) is 0.571. The number of rotatable bonds is 3. The van der Waals surface area contributed by atoms with Crippen LogP contribution in [0.2, 0.25) is 5.02 Å². The number of halogens is 1. The van der Waals surface area contributed by atoms with Crippen molar-refractivity contribution in [2.24, 2.45) is 0 Å². The molecule has 1 fully saturated rings. The van der Waals surface area contributed by atoms with E-state index in [1.165, 1.54) is 12.1 Å². The third-order valence-corrected chi connectivity index (χ3v) is 6.14. The molecule has 5 nitrogen and oxygen atoms in total. The van der Waals surface area contributed by atoms with Crippen LogP contribution in [-0.2, 0) is 10.0 Å². The van der Waals surface area contributed by atoms with Crippen molar-refractivity contribution < 1.29 is 8.42 Å². The van der Waals surface area contributed by atoms with E-state index in [4.69, 9.17) is 17.3 Å². The average Bonchev–Trinajstić information content (AvgIpc) is 2.59.